The highest BCUT2D eigenvalue weighted by Crippen LogP contribution is 2.31. The largest absolute Gasteiger partial charge is 0.352 e. The topological polar surface area (TPSA) is 57.6 Å². The molecule has 0 spiro atoms. The third-order valence-corrected chi connectivity index (χ3v) is 6.90. The van der Waals surface area contributed by atoms with Crippen LogP contribution in [0.25, 0.3) is 21.8 Å². The van der Waals surface area contributed by atoms with Gasteiger partial charge in [-0.25, -0.2) is 4.98 Å². The van der Waals surface area contributed by atoms with Crippen LogP contribution in [-0.2, 0) is 11.3 Å². The summed E-state index contributed by atoms with van der Waals surface area (Å²) in [5, 5.41) is 9.16. The number of thioether (sulfide) groups is 1. The van der Waals surface area contributed by atoms with Crippen LogP contribution in [-0.4, -0.2) is 34.0 Å². The summed E-state index contributed by atoms with van der Waals surface area (Å²) in [5.74, 6) is 0.0338. The standard InChI is InChI=1S/C23H20N4OS2/c28-21(12-19-14-30-23-24-10-11-27(19)23)25-13-16-6-8-18(9-7-16)22-26-20(15-29-22)17-4-2-1-3-5-17/h1-9,14-15H,10-13H2,(H,25,28). The number of nitrogens with zero attached hydrogens (tertiary/aromatic N) is 3. The fraction of sp³-hybridized carbons (Fsp3) is 0.174. The fourth-order valence-electron chi connectivity index (χ4n) is 3.46. The normalized spacial score (nSPS) is 15.0. The van der Waals surface area contributed by atoms with Gasteiger partial charge in [-0.15, -0.1) is 11.3 Å². The number of carbonyl (C=O) groups is 1. The van der Waals surface area contributed by atoms with E-state index >= 15 is 0 Å². The van der Waals surface area contributed by atoms with Gasteiger partial charge in [0.1, 0.15) is 5.01 Å². The van der Waals surface area contributed by atoms with E-state index in [1.165, 1.54) is 0 Å². The van der Waals surface area contributed by atoms with Crippen LogP contribution in [0.4, 0.5) is 0 Å². The zero-order valence-electron chi connectivity index (χ0n) is 16.2. The summed E-state index contributed by atoms with van der Waals surface area (Å²) in [7, 11) is 0. The third-order valence-electron chi connectivity index (χ3n) is 5.05. The maximum atomic E-state index is 12.4. The van der Waals surface area contributed by atoms with Gasteiger partial charge in [0.15, 0.2) is 5.17 Å². The zero-order valence-corrected chi connectivity index (χ0v) is 17.9. The molecular formula is C23H20N4OS2. The molecule has 0 aliphatic carbocycles. The van der Waals surface area contributed by atoms with E-state index in [9.17, 15) is 4.79 Å². The number of carbonyl (C=O) groups excluding carboxylic acids is 1. The molecule has 2 aliphatic heterocycles. The Morgan fingerprint density at radius 3 is 2.73 bits per heavy atom. The van der Waals surface area contributed by atoms with Gasteiger partial charge in [0.25, 0.3) is 0 Å². The zero-order chi connectivity index (χ0) is 20.3. The molecule has 1 amide bonds. The summed E-state index contributed by atoms with van der Waals surface area (Å²) in [6.45, 7) is 2.22. The van der Waals surface area contributed by atoms with E-state index in [0.29, 0.717) is 13.0 Å². The van der Waals surface area contributed by atoms with Gasteiger partial charge in [-0.3, -0.25) is 9.79 Å². The number of hydrogen-bond acceptors (Lipinski definition) is 6. The molecule has 7 heteroatoms. The molecule has 3 heterocycles. The number of fused-ring (bicyclic) bond motifs is 1. The molecule has 0 radical (unpaired) electrons. The second-order valence-corrected chi connectivity index (χ2v) is 8.79. The van der Waals surface area contributed by atoms with Crippen LogP contribution in [0.1, 0.15) is 12.0 Å². The molecule has 1 aromatic heterocycles. The average Bonchev–Trinajstić information content (AvgIpc) is 3.52. The molecule has 150 valence electrons. The van der Waals surface area contributed by atoms with Gasteiger partial charge in [0, 0.05) is 35.3 Å². The Bertz CT molecular complexity index is 1120. The minimum absolute atomic E-state index is 0.0338. The first-order valence-electron chi connectivity index (χ1n) is 9.81. The second-order valence-electron chi connectivity index (χ2n) is 7.10. The van der Waals surface area contributed by atoms with E-state index in [1.807, 2.05) is 23.6 Å². The molecule has 2 aliphatic rings. The van der Waals surface area contributed by atoms with Crippen LogP contribution >= 0.6 is 23.1 Å². The molecule has 0 saturated carbocycles. The third kappa shape index (κ3) is 4.04. The van der Waals surface area contributed by atoms with Gasteiger partial charge in [0.05, 0.1) is 18.7 Å². The average molecular weight is 433 g/mol. The minimum Gasteiger partial charge on any atom is -0.352 e. The molecule has 5 nitrogen and oxygen atoms in total. The Labute approximate surface area is 183 Å². The smallest absolute Gasteiger partial charge is 0.226 e. The molecule has 30 heavy (non-hydrogen) atoms. The number of aromatic nitrogens is 1. The van der Waals surface area contributed by atoms with Crippen LogP contribution in [0.2, 0.25) is 0 Å². The highest BCUT2D eigenvalue weighted by Gasteiger charge is 2.27. The minimum atomic E-state index is 0.0338. The van der Waals surface area contributed by atoms with Crippen molar-refractivity contribution in [2.45, 2.75) is 13.0 Å². The van der Waals surface area contributed by atoms with Crippen molar-refractivity contribution in [3.05, 3.63) is 76.6 Å². The number of rotatable bonds is 6. The number of amidine groups is 1. The van der Waals surface area contributed by atoms with E-state index in [2.05, 4.69) is 57.0 Å². The number of aliphatic imine (C=N–C) groups is 1. The van der Waals surface area contributed by atoms with E-state index < -0.39 is 0 Å². The SMILES string of the molecule is O=C(CC1=CSC2=NCCN12)NCc1ccc(-c2nc(-c3ccccc3)cs2)cc1. The monoisotopic (exact) mass is 432 g/mol. The number of nitrogens with one attached hydrogen (secondary N) is 1. The lowest BCUT2D eigenvalue weighted by Gasteiger charge is -2.16. The van der Waals surface area contributed by atoms with Crippen molar-refractivity contribution < 1.29 is 4.79 Å². The van der Waals surface area contributed by atoms with Crippen molar-refractivity contribution in [1.82, 2.24) is 15.2 Å². The first-order valence-corrected chi connectivity index (χ1v) is 11.6. The van der Waals surface area contributed by atoms with Crippen molar-refractivity contribution >= 4 is 34.2 Å². The van der Waals surface area contributed by atoms with Crippen molar-refractivity contribution in [2.24, 2.45) is 4.99 Å². The Morgan fingerprint density at radius 1 is 1.07 bits per heavy atom. The molecule has 2 aromatic carbocycles. The highest BCUT2D eigenvalue weighted by atomic mass is 32.2. The van der Waals surface area contributed by atoms with Gasteiger partial charge in [-0.1, -0.05) is 66.4 Å². The summed E-state index contributed by atoms with van der Waals surface area (Å²) < 4.78 is 0. The van der Waals surface area contributed by atoms with Gasteiger partial charge < -0.3 is 10.2 Å². The lowest BCUT2D eigenvalue weighted by Crippen LogP contribution is -2.28. The molecule has 0 unspecified atom stereocenters. The summed E-state index contributed by atoms with van der Waals surface area (Å²) >= 11 is 3.25. The van der Waals surface area contributed by atoms with Crippen molar-refractivity contribution in [3.63, 3.8) is 0 Å². The Morgan fingerprint density at radius 2 is 1.90 bits per heavy atom. The van der Waals surface area contributed by atoms with E-state index in [4.69, 9.17) is 4.98 Å². The van der Waals surface area contributed by atoms with Crippen molar-refractivity contribution in [2.75, 3.05) is 13.1 Å². The molecule has 0 bridgehead atoms. The quantitative estimate of drug-likeness (QED) is 0.611. The number of amides is 1. The van der Waals surface area contributed by atoms with Crippen LogP contribution in [0.5, 0.6) is 0 Å². The molecule has 0 atom stereocenters. The van der Waals surface area contributed by atoms with Gasteiger partial charge in [-0.05, 0) is 11.0 Å². The molecule has 1 N–H and O–H groups in total. The van der Waals surface area contributed by atoms with Crippen molar-refractivity contribution in [1.29, 1.82) is 0 Å². The van der Waals surface area contributed by atoms with Crippen LogP contribution in [0.3, 0.4) is 0 Å². The first kappa shape index (κ1) is 19.1. The summed E-state index contributed by atoms with van der Waals surface area (Å²) in [6, 6.07) is 18.4. The van der Waals surface area contributed by atoms with Crippen molar-refractivity contribution in [3.8, 4) is 21.8 Å². The first-order chi connectivity index (χ1) is 14.8. The molecule has 0 saturated heterocycles. The molecule has 3 aromatic rings. The Balaban J connectivity index is 1.17. The Hall–Kier alpha value is -2.90. The summed E-state index contributed by atoms with van der Waals surface area (Å²) in [6.07, 6.45) is 0.394. The maximum absolute atomic E-state index is 12.4. The van der Waals surface area contributed by atoms with Crippen LogP contribution in [0.15, 0.2) is 76.1 Å². The number of benzene rings is 2. The predicted octanol–water partition coefficient (Wildman–Crippen LogP) is 4.74. The fourth-order valence-corrected chi connectivity index (χ4v) is 5.24. The summed E-state index contributed by atoms with van der Waals surface area (Å²) in [5.41, 5.74) is 5.33. The van der Waals surface area contributed by atoms with Gasteiger partial charge >= 0.3 is 0 Å². The highest BCUT2D eigenvalue weighted by molar-refractivity contribution is 8.16. The van der Waals surface area contributed by atoms with Crippen LogP contribution in [0, 0.1) is 0 Å². The van der Waals surface area contributed by atoms with E-state index in [-0.39, 0.29) is 5.91 Å². The lowest BCUT2D eigenvalue weighted by atomic mass is 10.1. The number of hydrogen-bond donors (Lipinski definition) is 1. The van der Waals surface area contributed by atoms with Crippen LogP contribution < -0.4 is 5.32 Å². The predicted molar refractivity (Wildman–Crippen MR) is 124 cm³/mol. The Kier molecular flexibility index (Phi) is 5.38. The maximum Gasteiger partial charge on any atom is 0.226 e. The summed E-state index contributed by atoms with van der Waals surface area (Å²) in [4.78, 5) is 23.7. The van der Waals surface area contributed by atoms with E-state index in [1.54, 1.807) is 23.1 Å². The van der Waals surface area contributed by atoms with Gasteiger partial charge in [0.2, 0.25) is 5.91 Å². The molecule has 0 fully saturated rings. The molecule has 5 rings (SSSR count). The van der Waals surface area contributed by atoms with E-state index in [0.717, 1.165) is 51.3 Å². The second kappa shape index (κ2) is 8.45. The number of thiazole rings is 1. The lowest BCUT2D eigenvalue weighted by molar-refractivity contribution is -0.120. The molecular weight excluding hydrogens is 412 g/mol. The van der Waals surface area contributed by atoms with Gasteiger partial charge in [-0.2, -0.15) is 0 Å².